The van der Waals surface area contributed by atoms with Gasteiger partial charge in [0.2, 0.25) is 5.95 Å². The number of nitro benzene ring substituents is 1. The molecule has 1 aromatic carbocycles. The van der Waals surface area contributed by atoms with Gasteiger partial charge in [-0.2, -0.15) is 0 Å². The van der Waals surface area contributed by atoms with Gasteiger partial charge < -0.3 is 25.2 Å². The Morgan fingerprint density at radius 1 is 1.15 bits per heavy atom. The lowest BCUT2D eigenvalue weighted by atomic mass is 9.99. The van der Waals surface area contributed by atoms with Gasteiger partial charge in [0.1, 0.15) is 28.4 Å². The number of fused-ring (bicyclic) bond motifs is 2. The van der Waals surface area contributed by atoms with E-state index < -0.39 is 39.3 Å². The number of benzene rings is 1. The zero-order valence-corrected chi connectivity index (χ0v) is 22.0. The molecule has 4 atom stereocenters. The fourth-order valence-corrected chi connectivity index (χ4v) is 7.06. The average molecular weight is 560 g/mol. The van der Waals surface area contributed by atoms with Crippen molar-refractivity contribution in [3.05, 3.63) is 45.8 Å². The number of aliphatic hydroxyl groups is 2. The molecule has 0 unspecified atom stereocenters. The smallest absolute Gasteiger partial charge is 0.269 e. The van der Waals surface area contributed by atoms with Crippen LogP contribution >= 0.6 is 0 Å². The zero-order valence-electron chi connectivity index (χ0n) is 21.2. The van der Waals surface area contributed by atoms with E-state index in [1.54, 1.807) is 23.6 Å². The molecule has 0 aliphatic carbocycles. The number of hydrogen-bond donors (Lipinski definition) is 3. The summed E-state index contributed by atoms with van der Waals surface area (Å²) in [5.74, 6) is 0.974. The monoisotopic (exact) mass is 559 g/mol. The van der Waals surface area contributed by atoms with E-state index in [2.05, 4.69) is 15.3 Å². The van der Waals surface area contributed by atoms with Crippen molar-refractivity contribution in [3.63, 3.8) is 0 Å². The highest BCUT2D eigenvalue weighted by molar-refractivity contribution is 7.91. The first kappa shape index (κ1) is 25.9. The molecule has 14 nitrogen and oxygen atoms in total. The quantitative estimate of drug-likeness (QED) is 0.297. The molecule has 0 spiro atoms. The number of aromatic nitrogens is 4. The van der Waals surface area contributed by atoms with Crippen molar-refractivity contribution < 1.29 is 28.3 Å². The highest BCUT2D eigenvalue weighted by atomic mass is 32.2. The number of anilines is 2. The van der Waals surface area contributed by atoms with Crippen molar-refractivity contribution in [3.8, 4) is 0 Å². The van der Waals surface area contributed by atoms with Crippen LogP contribution < -0.4 is 10.2 Å². The third-order valence-electron chi connectivity index (χ3n) is 7.79. The van der Waals surface area contributed by atoms with Gasteiger partial charge in [0.15, 0.2) is 23.2 Å². The molecule has 208 valence electrons. The van der Waals surface area contributed by atoms with E-state index in [4.69, 9.17) is 9.72 Å². The second kappa shape index (κ2) is 9.66. The molecule has 0 amide bonds. The molecule has 0 radical (unpaired) electrons. The molecule has 3 N–H and O–H groups in total. The molecular weight excluding hydrogens is 530 g/mol. The summed E-state index contributed by atoms with van der Waals surface area (Å²) in [5.41, 5.74) is 2.69. The number of sulfone groups is 1. The zero-order chi connectivity index (χ0) is 27.5. The summed E-state index contributed by atoms with van der Waals surface area (Å²) < 4.78 is 31.4. The second-order valence-electron chi connectivity index (χ2n) is 10.3. The Kier molecular flexibility index (Phi) is 6.40. The van der Waals surface area contributed by atoms with Crippen LogP contribution in [0.5, 0.6) is 0 Å². The van der Waals surface area contributed by atoms with Gasteiger partial charge in [-0.1, -0.05) is 6.07 Å². The van der Waals surface area contributed by atoms with Crippen LogP contribution in [-0.4, -0.2) is 85.5 Å². The highest BCUT2D eigenvalue weighted by Crippen LogP contribution is 2.37. The van der Waals surface area contributed by atoms with Gasteiger partial charge in [-0.05, 0) is 37.3 Å². The van der Waals surface area contributed by atoms with E-state index in [0.717, 1.165) is 11.1 Å². The van der Waals surface area contributed by atoms with Gasteiger partial charge in [-0.25, -0.2) is 23.4 Å². The van der Waals surface area contributed by atoms with Crippen LogP contribution in [0.15, 0.2) is 24.5 Å². The fourth-order valence-electron chi connectivity index (χ4n) is 5.57. The summed E-state index contributed by atoms with van der Waals surface area (Å²) in [6, 6.07) is 4.69. The molecule has 5 heterocycles. The van der Waals surface area contributed by atoms with Gasteiger partial charge in [0.25, 0.3) is 5.69 Å². The summed E-state index contributed by atoms with van der Waals surface area (Å²) in [6.45, 7) is 2.65. The molecule has 3 aliphatic rings. The van der Waals surface area contributed by atoms with Gasteiger partial charge in [-0.3, -0.25) is 14.7 Å². The maximum absolute atomic E-state index is 12.0. The first-order valence-corrected chi connectivity index (χ1v) is 14.7. The number of aliphatic hydroxyl groups excluding tert-OH is 2. The summed E-state index contributed by atoms with van der Waals surface area (Å²) in [5, 5.41) is 35.9. The average Bonchev–Trinajstić information content (AvgIpc) is 3.40. The molecule has 2 saturated heterocycles. The molecule has 6 rings (SSSR count). The standard InChI is InChI=1S/C24H29N7O7S/c1-13-19(32)20(33)23(38-13)30-22-18(28-24(30)27-16-5-8-39(36,37)9-6-16)21(25-12-26-22)29-7-4-14-2-3-17(31(34)35)10-15(14)11-29/h2-3,10,12-13,16,19-20,23,32-33H,4-9,11H2,1H3,(H,27,28)/t13-,19-,20-,23-/m1/s1. The summed E-state index contributed by atoms with van der Waals surface area (Å²) in [7, 11) is -3.07. The Balaban J connectivity index is 1.40. The Hall–Kier alpha value is -3.40. The Morgan fingerprint density at radius 3 is 2.62 bits per heavy atom. The minimum atomic E-state index is -3.07. The van der Waals surface area contributed by atoms with E-state index in [0.29, 0.717) is 55.3 Å². The lowest BCUT2D eigenvalue weighted by molar-refractivity contribution is -0.384. The van der Waals surface area contributed by atoms with E-state index in [-0.39, 0.29) is 23.2 Å². The van der Waals surface area contributed by atoms with Gasteiger partial charge in [0.05, 0.1) is 22.5 Å². The summed E-state index contributed by atoms with van der Waals surface area (Å²) in [6.07, 6.45) is -1.13. The molecule has 0 saturated carbocycles. The molecule has 15 heteroatoms. The van der Waals surface area contributed by atoms with Crippen molar-refractivity contribution in [2.24, 2.45) is 0 Å². The Morgan fingerprint density at radius 2 is 1.92 bits per heavy atom. The van der Waals surface area contributed by atoms with Crippen LogP contribution in [-0.2, 0) is 27.5 Å². The number of imidazole rings is 1. The molecule has 0 bridgehead atoms. The van der Waals surface area contributed by atoms with Gasteiger partial charge >= 0.3 is 0 Å². The van der Waals surface area contributed by atoms with Crippen LogP contribution in [0.25, 0.3) is 11.2 Å². The topological polar surface area (TPSA) is 186 Å². The predicted molar refractivity (Wildman–Crippen MR) is 140 cm³/mol. The van der Waals surface area contributed by atoms with Crippen LogP contribution in [0.3, 0.4) is 0 Å². The molecule has 3 aromatic rings. The summed E-state index contributed by atoms with van der Waals surface area (Å²) >= 11 is 0. The molecule has 3 aliphatic heterocycles. The van der Waals surface area contributed by atoms with Crippen LogP contribution in [0.1, 0.15) is 37.1 Å². The van der Waals surface area contributed by atoms with Crippen molar-refractivity contribution in [2.45, 2.75) is 63.3 Å². The van der Waals surface area contributed by atoms with Crippen LogP contribution in [0.2, 0.25) is 0 Å². The lowest BCUT2D eigenvalue weighted by Crippen LogP contribution is -2.34. The number of rotatable bonds is 5. The predicted octanol–water partition coefficient (Wildman–Crippen LogP) is 0.925. The second-order valence-corrected chi connectivity index (χ2v) is 12.6. The fraction of sp³-hybridized carbons (Fsp3) is 0.542. The number of non-ortho nitro benzene ring substituents is 1. The first-order valence-electron chi connectivity index (χ1n) is 12.8. The number of nitrogens with zero attached hydrogens (tertiary/aromatic N) is 6. The number of ether oxygens (including phenoxy) is 1. The number of hydrogen-bond acceptors (Lipinski definition) is 12. The van der Waals surface area contributed by atoms with E-state index in [1.165, 1.54) is 12.4 Å². The van der Waals surface area contributed by atoms with Gasteiger partial charge in [-0.15, -0.1) is 0 Å². The lowest BCUT2D eigenvalue weighted by Gasteiger charge is -2.29. The number of nitro groups is 1. The third kappa shape index (κ3) is 4.68. The maximum atomic E-state index is 12.0. The normalized spacial score (nSPS) is 27.0. The molecule has 2 fully saturated rings. The highest BCUT2D eigenvalue weighted by Gasteiger charge is 2.43. The van der Waals surface area contributed by atoms with Crippen LogP contribution in [0.4, 0.5) is 17.5 Å². The molecular formula is C24H29N7O7S. The Bertz CT molecular complexity index is 1530. The van der Waals surface area contributed by atoms with Gasteiger partial charge in [0, 0.05) is 31.3 Å². The SMILES string of the molecule is C[C@H]1O[C@@H](n2c(NC3CCS(=O)(=O)CC3)nc3c(N4CCc5ccc([N+](=O)[O-])cc5C4)ncnc32)[C@H](O)[C@@H]1O. The Labute approximate surface area is 223 Å². The maximum Gasteiger partial charge on any atom is 0.269 e. The van der Waals surface area contributed by atoms with E-state index in [9.17, 15) is 28.7 Å². The first-order chi connectivity index (χ1) is 18.6. The van der Waals surface area contributed by atoms with Crippen molar-refractivity contribution in [1.82, 2.24) is 19.5 Å². The van der Waals surface area contributed by atoms with Crippen molar-refractivity contribution in [2.75, 3.05) is 28.3 Å². The van der Waals surface area contributed by atoms with Crippen molar-refractivity contribution in [1.29, 1.82) is 0 Å². The van der Waals surface area contributed by atoms with E-state index in [1.807, 2.05) is 4.90 Å². The largest absolute Gasteiger partial charge is 0.388 e. The van der Waals surface area contributed by atoms with Crippen molar-refractivity contribution >= 4 is 38.5 Å². The summed E-state index contributed by atoms with van der Waals surface area (Å²) in [4.78, 5) is 26.6. The minimum Gasteiger partial charge on any atom is -0.388 e. The third-order valence-corrected chi connectivity index (χ3v) is 9.51. The van der Waals surface area contributed by atoms with Crippen LogP contribution in [0, 0.1) is 10.1 Å². The molecule has 39 heavy (non-hydrogen) atoms. The number of nitrogens with one attached hydrogen (secondary N) is 1. The molecule has 2 aromatic heterocycles. The van der Waals surface area contributed by atoms with E-state index >= 15 is 0 Å². The minimum absolute atomic E-state index is 0.0220.